The Hall–Kier alpha value is -3.57. The van der Waals surface area contributed by atoms with Crippen LogP contribution in [0.3, 0.4) is 0 Å². The van der Waals surface area contributed by atoms with E-state index >= 15 is 0 Å². The summed E-state index contributed by atoms with van der Waals surface area (Å²) >= 11 is 0. The van der Waals surface area contributed by atoms with Gasteiger partial charge in [0.25, 0.3) is 0 Å². The number of hydrogen-bond donors (Lipinski definition) is 1. The van der Waals surface area contributed by atoms with E-state index in [0.717, 1.165) is 16.5 Å². The van der Waals surface area contributed by atoms with Crippen LogP contribution in [-0.4, -0.2) is 88.0 Å². The Morgan fingerprint density at radius 1 is 0.932 bits per heavy atom. The first kappa shape index (κ1) is 33.3. The molecule has 0 aliphatic carbocycles. The number of ether oxygens (including phenoxy) is 5. The standard InChI is InChI=1S/C33H47N3O8/c1-30(2,3)43-28(38)35-21(18-41-32(35,7)8)15-20-17-34-26-23(20)13-12-14-24(26)25(27(37)40-11)16-22-19-42-33(9,10)36(22)29(39)44-31(4,5)6/h12-14,16-17,21-22,34H,15,18-19H2,1-11H3/b25-16-/t21-,22-/m0/s1. The summed E-state index contributed by atoms with van der Waals surface area (Å²) in [6, 6.07) is 4.82. The first-order valence-corrected chi connectivity index (χ1v) is 15.0. The molecule has 2 aliphatic rings. The molecule has 2 aliphatic heterocycles. The van der Waals surface area contributed by atoms with Gasteiger partial charge in [-0.1, -0.05) is 18.2 Å². The molecule has 44 heavy (non-hydrogen) atoms. The van der Waals surface area contributed by atoms with Crippen molar-refractivity contribution in [3.05, 3.63) is 41.6 Å². The lowest BCUT2D eigenvalue weighted by Gasteiger charge is -2.35. The molecule has 1 aromatic heterocycles. The molecule has 0 saturated carbocycles. The zero-order chi connectivity index (χ0) is 32.8. The summed E-state index contributed by atoms with van der Waals surface area (Å²) in [6.07, 6.45) is 3.12. The predicted octanol–water partition coefficient (Wildman–Crippen LogP) is 6.01. The Kier molecular flexibility index (Phi) is 8.89. The maximum atomic E-state index is 13.2. The maximum Gasteiger partial charge on any atom is 0.413 e. The molecule has 0 bridgehead atoms. The molecule has 4 rings (SSSR count). The minimum absolute atomic E-state index is 0.177. The van der Waals surface area contributed by atoms with Crippen molar-refractivity contribution < 1.29 is 38.1 Å². The maximum absolute atomic E-state index is 13.2. The van der Waals surface area contributed by atoms with Gasteiger partial charge in [-0.2, -0.15) is 0 Å². The van der Waals surface area contributed by atoms with Crippen LogP contribution in [0.1, 0.15) is 80.4 Å². The molecule has 2 saturated heterocycles. The third-order valence-electron chi connectivity index (χ3n) is 7.58. The number of aromatic amines is 1. The topological polar surface area (TPSA) is 120 Å². The number of amides is 2. The molecule has 0 spiro atoms. The minimum Gasteiger partial charge on any atom is -0.465 e. The summed E-state index contributed by atoms with van der Waals surface area (Å²) in [5.74, 6) is -0.551. The van der Waals surface area contributed by atoms with E-state index in [9.17, 15) is 14.4 Å². The van der Waals surface area contributed by atoms with Crippen LogP contribution in [0.25, 0.3) is 16.5 Å². The van der Waals surface area contributed by atoms with Crippen molar-refractivity contribution in [2.75, 3.05) is 20.3 Å². The fraction of sp³-hybridized carbons (Fsp3) is 0.606. The number of hydrogen-bond acceptors (Lipinski definition) is 8. The highest BCUT2D eigenvalue weighted by Crippen LogP contribution is 2.36. The van der Waals surface area contributed by atoms with Crippen molar-refractivity contribution in [3.63, 3.8) is 0 Å². The van der Waals surface area contributed by atoms with Gasteiger partial charge < -0.3 is 28.7 Å². The number of rotatable bonds is 5. The molecule has 2 amide bonds. The molecule has 1 aromatic carbocycles. The average molecular weight is 614 g/mol. The summed E-state index contributed by atoms with van der Waals surface area (Å²) in [5, 5.41) is 0.887. The van der Waals surface area contributed by atoms with Gasteiger partial charge in [-0.15, -0.1) is 0 Å². The van der Waals surface area contributed by atoms with Crippen molar-refractivity contribution in [1.29, 1.82) is 0 Å². The number of esters is 1. The van der Waals surface area contributed by atoms with Crippen LogP contribution in [0.5, 0.6) is 0 Å². The molecule has 1 N–H and O–H groups in total. The second-order valence-corrected chi connectivity index (χ2v) is 14.3. The van der Waals surface area contributed by atoms with Gasteiger partial charge in [-0.3, -0.25) is 9.80 Å². The van der Waals surface area contributed by atoms with E-state index in [1.165, 1.54) is 12.0 Å². The molecule has 0 unspecified atom stereocenters. The normalized spacial score (nSPS) is 21.9. The predicted molar refractivity (Wildman–Crippen MR) is 166 cm³/mol. The molecule has 11 nitrogen and oxygen atoms in total. The number of aromatic nitrogens is 1. The number of H-pyrrole nitrogens is 1. The lowest BCUT2D eigenvalue weighted by atomic mass is 9.97. The van der Waals surface area contributed by atoms with Gasteiger partial charge >= 0.3 is 18.2 Å². The van der Waals surface area contributed by atoms with Crippen LogP contribution in [0.4, 0.5) is 9.59 Å². The molecule has 0 radical (unpaired) electrons. The van der Waals surface area contributed by atoms with Crippen molar-refractivity contribution in [2.45, 2.75) is 110 Å². The van der Waals surface area contributed by atoms with Gasteiger partial charge in [0.15, 0.2) is 0 Å². The molecule has 3 heterocycles. The fourth-order valence-corrected chi connectivity index (χ4v) is 5.77. The van der Waals surface area contributed by atoms with Crippen molar-refractivity contribution >= 4 is 34.6 Å². The molecular weight excluding hydrogens is 566 g/mol. The summed E-state index contributed by atoms with van der Waals surface area (Å²) in [4.78, 5) is 46.2. The van der Waals surface area contributed by atoms with Crippen LogP contribution in [0.15, 0.2) is 30.5 Å². The van der Waals surface area contributed by atoms with Gasteiger partial charge in [-0.05, 0) is 87.3 Å². The summed E-state index contributed by atoms with van der Waals surface area (Å²) < 4.78 is 28.6. The molecular formula is C33H47N3O8. The summed E-state index contributed by atoms with van der Waals surface area (Å²) in [5.41, 5.74) is -0.565. The molecule has 242 valence electrons. The monoisotopic (exact) mass is 613 g/mol. The Labute approximate surface area is 259 Å². The number of benzene rings is 1. The Morgan fingerprint density at radius 2 is 1.50 bits per heavy atom. The first-order chi connectivity index (χ1) is 20.2. The zero-order valence-corrected chi connectivity index (χ0v) is 27.8. The number of para-hydroxylation sites is 1. The van der Waals surface area contributed by atoms with E-state index in [1.807, 2.05) is 59.0 Å². The van der Waals surface area contributed by atoms with E-state index in [-0.39, 0.29) is 18.2 Å². The molecule has 11 heteroatoms. The minimum atomic E-state index is -0.951. The fourth-order valence-electron chi connectivity index (χ4n) is 5.77. The van der Waals surface area contributed by atoms with E-state index in [0.29, 0.717) is 18.6 Å². The van der Waals surface area contributed by atoms with Crippen molar-refractivity contribution in [3.8, 4) is 0 Å². The third-order valence-corrected chi connectivity index (χ3v) is 7.58. The average Bonchev–Trinajstić information content (AvgIpc) is 3.52. The molecule has 2 atom stereocenters. The highest BCUT2D eigenvalue weighted by Gasteiger charge is 2.47. The summed E-state index contributed by atoms with van der Waals surface area (Å²) in [6.45, 7) is 18.7. The number of carbonyl (C=O) groups excluding carboxylic acids is 3. The smallest absolute Gasteiger partial charge is 0.413 e. The van der Waals surface area contributed by atoms with Gasteiger partial charge in [-0.25, -0.2) is 14.4 Å². The quantitative estimate of drug-likeness (QED) is 0.247. The van der Waals surface area contributed by atoms with Crippen LogP contribution in [0, 0.1) is 0 Å². The molecule has 2 aromatic rings. The second kappa shape index (κ2) is 11.7. The van der Waals surface area contributed by atoms with Gasteiger partial charge in [0.2, 0.25) is 0 Å². The van der Waals surface area contributed by atoms with Gasteiger partial charge in [0.1, 0.15) is 22.7 Å². The largest absolute Gasteiger partial charge is 0.465 e. The van der Waals surface area contributed by atoms with Crippen LogP contribution >= 0.6 is 0 Å². The second-order valence-electron chi connectivity index (χ2n) is 14.3. The highest BCUT2D eigenvalue weighted by atomic mass is 16.6. The van der Waals surface area contributed by atoms with Gasteiger partial charge in [0.05, 0.1) is 43.5 Å². The van der Waals surface area contributed by atoms with E-state index in [1.54, 1.807) is 45.6 Å². The third kappa shape index (κ3) is 7.04. The van der Waals surface area contributed by atoms with E-state index in [2.05, 4.69) is 4.98 Å². The molecule has 2 fully saturated rings. The number of nitrogens with zero attached hydrogens (tertiary/aromatic N) is 2. The lowest BCUT2D eigenvalue weighted by Crippen LogP contribution is -2.50. The van der Waals surface area contributed by atoms with Crippen molar-refractivity contribution in [1.82, 2.24) is 14.8 Å². The first-order valence-electron chi connectivity index (χ1n) is 15.0. The van der Waals surface area contributed by atoms with Crippen molar-refractivity contribution in [2.24, 2.45) is 0 Å². The number of nitrogens with one attached hydrogen (secondary N) is 1. The Balaban J connectivity index is 1.70. The van der Waals surface area contributed by atoms with Crippen LogP contribution in [-0.2, 0) is 34.9 Å². The van der Waals surface area contributed by atoms with Gasteiger partial charge in [0, 0.05) is 17.1 Å². The van der Waals surface area contributed by atoms with Crippen LogP contribution in [0.2, 0.25) is 0 Å². The van der Waals surface area contributed by atoms with Crippen LogP contribution < -0.4 is 0 Å². The lowest BCUT2D eigenvalue weighted by molar-refractivity contribution is -0.133. The number of fused-ring (bicyclic) bond motifs is 1. The highest BCUT2D eigenvalue weighted by molar-refractivity contribution is 6.20. The SMILES string of the molecule is COC(=O)/C(=C\[C@H]1COC(C)(C)N1C(=O)OC(C)(C)C)c1cccc2c(C[C@H]3COC(C)(C)N3C(=O)OC(C)(C)C)c[nH]c12. The van der Waals surface area contributed by atoms with E-state index in [4.69, 9.17) is 23.7 Å². The van der Waals surface area contributed by atoms with E-state index < -0.39 is 46.8 Å². The Morgan fingerprint density at radius 3 is 2.09 bits per heavy atom. The Bertz CT molecular complexity index is 1440. The number of methoxy groups -OCH3 is 1. The summed E-state index contributed by atoms with van der Waals surface area (Å²) in [7, 11) is 1.32. The number of carbonyl (C=O) groups is 3. The zero-order valence-electron chi connectivity index (χ0n) is 27.8.